The summed E-state index contributed by atoms with van der Waals surface area (Å²) in [5, 5.41) is 6.00. The van der Waals surface area contributed by atoms with Crippen LogP contribution in [0.5, 0.6) is 11.5 Å². The van der Waals surface area contributed by atoms with Gasteiger partial charge in [-0.2, -0.15) is 0 Å². The molecular formula is C21H33N3O3. The summed E-state index contributed by atoms with van der Waals surface area (Å²) in [5.74, 6) is 1.57. The summed E-state index contributed by atoms with van der Waals surface area (Å²) in [5.41, 5.74) is 0.914. The smallest absolute Gasteiger partial charge is 0.314 e. The zero-order chi connectivity index (χ0) is 19.4. The monoisotopic (exact) mass is 375 g/mol. The molecule has 1 heterocycles. The predicted molar refractivity (Wildman–Crippen MR) is 107 cm³/mol. The van der Waals surface area contributed by atoms with Gasteiger partial charge in [0.1, 0.15) is 13.2 Å². The fraction of sp³-hybridized carbons (Fsp3) is 0.667. The molecule has 2 N–H and O–H groups in total. The van der Waals surface area contributed by atoms with E-state index in [2.05, 4.69) is 43.2 Å². The number of urea groups is 1. The predicted octanol–water partition coefficient (Wildman–Crippen LogP) is 2.91. The van der Waals surface area contributed by atoms with Gasteiger partial charge in [0.2, 0.25) is 0 Å². The van der Waals surface area contributed by atoms with Crippen molar-refractivity contribution in [2.75, 3.05) is 32.8 Å². The molecule has 0 saturated heterocycles. The quantitative estimate of drug-likeness (QED) is 0.733. The Morgan fingerprint density at radius 2 is 1.89 bits per heavy atom. The highest BCUT2D eigenvalue weighted by molar-refractivity contribution is 5.74. The second-order valence-corrected chi connectivity index (χ2v) is 8.41. The summed E-state index contributed by atoms with van der Waals surface area (Å²) in [6.07, 6.45) is 2.57. The molecule has 27 heavy (non-hydrogen) atoms. The first-order chi connectivity index (χ1) is 12.9. The standard InChI is InChI=1S/C21H33N3O3/c1-15(2)24(17-6-7-17)10-9-22-20(25)23-14-21(3,4)16-5-8-18-19(13-16)27-12-11-26-18/h5,8,13,15,17H,6-7,9-12,14H2,1-4H3,(H2,22,23,25). The van der Waals surface area contributed by atoms with Crippen molar-refractivity contribution in [2.24, 2.45) is 0 Å². The molecule has 1 aliphatic heterocycles. The molecule has 2 aliphatic rings. The van der Waals surface area contributed by atoms with E-state index in [-0.39, 0.29) is 11.4 Å². The summed E-state index contributed by atoms with van der Waals surface area (Å²) >= 11 is 0. The lowest BCUT2D eigenvalue weighted by atomic mass is 9.84. The number of ether oxygens (including phenoxy) is 2. The Balaban J connectivity index is 1.46. The molecule has 0 unspecified atom stereocenters. The molecular weight excluding hydrogens is 342 g/mol. The normalized spacial score (nSPS) is 16.5. The number of hydrogen-bond acceptors (Lipinski definition) is 4. The molecule has 1 aromatic rings. The minimum absolute atomic E-state index is 0.111. The second-order valence-electron chi connectivity index (χ2n) is 8.41. The Hall–Kier alpha value is -1.95. The topological polar surface area (TPSA) is 62.8 Å². The van der Waals surface area contributed by atoms with Crippen molar-refractivity contribution in [3.8, 4) is 11.5 Å². The third kappa shape index (κ3) is 5.28. The summed E-state index contributed by atoms with van der Waals surface area (Å²) < 4.78 is 11.3. The first kappa shape index (κ1) is 19.8. The van der Waals surface area contributed by atoms with Gasteiger partial charge in [-0.25, -0.2) is 4.79 Å². The Morgan fingerprint density at radius 3 is 2.56 bits per heavy atom. The molecule has 1 saturated carbocycles. The highest BCUT2D eigenvalue weighted by Crippen LogP contribution is 2.34. The molecule has 0 atom stereocenters. The number of carbonyl (C=O) groups excluding carboxylic acids is 1. The Kier molecular flexibility index (Phi) is 6.15. The highest BCUT2D eigenvalue weighted by Gasteiger charge is 2.30. The van der Waals surface area contributed by atoms with Crippen molar-refractivity contribution < 1.29 is 14.3 Å². The van der Waals surface area contributed by atoms with Gasteiger partial charge in [0.05, 0.1) is 0 Å². The lowest BCUT2D eigenvalue weighted by molar-refractivity contribution is 0.171. The summed E-state index contributed by atoms with van der Waals surface area (Å²) in [7, 11) is 0. The fourth-order valence-corrected chi connectivity index (χ4v) is 3.50. The van der Waals surface area contributed by atoms with Gasteiger partial charge in [-0.15, -0.1) is 0 Å². The summed E-state index contributed by atoms with van der Waals surface area (Å²) in [6, 6.07) is 7.14. The SMILES string of the molecule is CC(C)N(CCNC(=O)NCC(C)(C)c1ccc2c(c1)OCCO2)C1CC1. The number of hydrogen-bond donors (Lipinski definition) is 2. The Labute approximate surface area is 162 Å². The van der Waals surface area contributed by atoms with Crippen LogP contribution in [0.15, 0.2) is 18.2 Å². The van der Waals surface area contributed by atoms with Crippen LogP contribution in [0.1, 0.15) is 46.1 Å². The zero-order valence-electron chi connectivity index (χ0n) is 17.0. The fourth-order valence-electron chi connectivity index (χ4n) is 3.50. The van der Waals surface area contributed by atoms with Crippen molar-refractivity contribution in [3.05, 3.63) is 23.8 Å². The largest absolute Gasteiger partial charge is 0.486 e. The Morgan fingerprint density at radius 1 is 1.19 bits per heavy atom. The number of nitrogens with zero attached hydrogens (tertiary/aromatic N) is 1. The van der Waals surface area contributed by atoms with Crippen LogP contribution in [0.3, 0.4) is 0 Å². The number of fused-ring (bicyclic) bond motifs is 1. The molecule has 1 aromatic carbocycles. The van der Waals surface area contributed by atoms with E-state index in [9.17, 15) is 4.79 Å². The molecule has 0 aromatic heterocycles. The van der Waals surface area contributed by atoms with Crippen LogP contribution < -0.4 is 20.1 Å². The van der Waals surface area contributed by atoms with E-state index in [0.29, 0.717) is 38.4 Å². The maximum Gasteiger partial charge on any atom is 0.314 e. The van der Waals surface area contributed by atoms with Crippen LogP contribution in [0.25, 0.3) is 0 Å². The van der Waals surface area contributed by atoms with Crippen LogP contribution in [0.2, 0.25) is 0 Å². The molecule has 0 spiro atoms. The molecule has 0 radical (unpaired) electrons. The lowest BCUT2D eigenvalue weighted by Crippen LogP contribution is -2.45. The van der Waals surface area contributed by atoms with Gasteiger partial charge in [-0.05, 0) is 44.4 Å². The number of benzene rings is 1. The molecule has 1 fully saturated rings. The molecule has 150 valence electrons. The van der Waals surface area contributed by atoms with Gasteiger partial charge in [-0.3, -0.25) is 4.90 Å². The van der Waals surface area contributed by atoms with Crippen LogP contribution in [-0.4, -0.2) is 55.9 Å². The molecule has 1 aliphatic carbocycles. The van der Waals surface area contributed by atoms with E-state index in [4.69, 9.17) is 9.47 Å². The lowest BCUT2D eigenvalue weighted by Gasteiger charge is -2.28. The minimum Gasteiger partial charge on any atom is -0.486 e. The average Bonchev–Trinajstić information content (AvgIpc) is 3.48. The van der Waals surface area contributed by atoms with E-state index < -0.39 is 0 Å². The van der Waals surface area contributed by atoms with Gasteiger partial charge in [0, 0.05) is 37.1 Å². The molecule has 3 rings (SSSR count). The van der Waals surface area contributed by atoms with Crippen molar-refractivity contribution in [3.63, 3.8) is 0 Å². The molecule has 2 amide bonds. The first-order valence-electron chi connectivity index (χ1n) is 10.0. The van der Waals surface area contributed by atoms with Gasteiger partial charge < -0.3 is 20.1 Å². The first-order valence-corrected chi connectivity index (χ1v) is 10.0. The van der Waals surface area contributed by atoms with E-state index in [1.54, 1.807) is 0 Å². The maximum absolute atomic E-state index is 12.2. The molecule has 0 bridgehead atoms. The summed E-state index contributed by atoms with van der Waals surface area (Å²) in [6.45, 7) is 12.0. The highest BCUT2D eigenvalue weighted by atomic mass is 16.6. The van der Waals surface area contributed by atoms with Crippen molar-refractivity contribution in [1.82, 2.24) is 15.5 Å². The van der Waals surface area contributed by atoms with Gasteiger partial charge >= 0.3 is 6.03 Å². The number of carbonyl (C=O) groups is 1. The second kappa shape index (κ2) is 8.38. The van der Waals surface area contributed by atoms with E-state index in [1.165, 1.54) is 12.8 Å². The molecule has 6 heteroatoms. The van der Waals surface area contributed by atoms with Crippen LogP contribution in [0.4, 0.5) is 4.79 Å². The number of rotatable bonds is 8. The minimum atomic E-state index is -0.203. The van der Waals surface area contributed by atoms with Crippen molar-refractivity contribution in [1.29, 1.82) is 0 Å². The van der Waals surface area contributed by atoms with Crippen LogP contribution >= 0.6 is 0 Å². The number of nitrogens with one attached hydrogen (secondary N) is 2. The third-order valence-corrected chi connectivity index (χ3v) is 5.35. The average molecular weight is 376 g/mol. The van der Waals surface area contributed by atoms with Crippen molar-refractivity contribution in [2.45, 2.75) is 58.0 Å². The maximum atomic E-state index is 12.2. The van der Waals surface area contributed by atoms with E-state index in [1.807, 2.05) is 18.2 Å². The molecule has 6 nitrogen and oxygen atoms in total. The number of amides is 2. The third-order valence-electron chi connectivity index (χ3n) is 5.35. The van der Waals surface area contributed by atoms with Gasteiger partial charge in [0.15, 0.2) is 11.5 Å². The summed E-state index contributed by atoms with van der Waals surface area (Å²) in [4.78, 5) is 14.7. The van der Waals surface area contributed by atoms with E-state index >= 15 is 0 Å². The van der Waals surface area contributed by atoms with Crippen molar-refractivity contribution >= 4 is 6.03 Å². The van der Waals surface area contributed by atoms with Crippen LogP contribution in [0, 0.1) is 0 Å². The zero-order valence-corrected chi connectivity index (χ0v) is 17.0. The Bertz CT molecular complexity index is 654. The van der Waals surface area contributed by atoms with Crippen LogP contribution in [-0.2, 0) is 5.41 Å². The van der Waals surface area contributed by atoms with Gasteiger partial charge in [-0.1, -0.05) is 19.9 Å². The van der Waals surface area contributed by atoms with E-state index in [0.717, 1.165) is 23.6 Å². The van der Waals surface area contributed by atoms with Gasteiger partial charge in [0.25, 0.3) is 0 Å².